The Labute approximate surface area is 190 Å². The lowest BCUT2D eigenvalue weighted by Gasteiger charge is -2.32. The number of nitrogens with one attached hydrogen (secondary N) is 1. The molecule has 0 bridgehead atoms. The molecule has 1 aromatic heterocycles. The lowest BCUT2D eigenvalue weighted by Crippen LogP contribution is -2.47. The van der Waals surface area contributed by atoms with Gasteiger partial charge in [-0.1, -0.05) is 30.3 Å². The van der Waals surface area contributed by atoms with E-state index in [2.05, 4.69) is 60.3 Å². The fourth-order valence-electron chi connectivity index (χ4n) is 4.24. The van der Waals surface area contributed by atoms with Crippen molar-refractivity contribution in [1.29, 1.82) is 0 Å². The summed E-state index contributed by atoms with van der Waals surface area (Å²) in [5.74, 6) is 3.20. The van der Waals surface area contributed by atoms with Crippen molar-refractivity contribution in [1.82, 2.24) is 25.0 Å². The van der Waals surface area contributed by atoms with Gasteiger partial charge in [-0.25, -0.2) is 0 Å². The first-order valence-electron chi connectivity index (χ1n) is 10.4. The number of nitrogens with zero attached hydrogens (tertiary/aromatic N) is 5. The summed E-state index contributed by atoms with van der Waals surface area (Å²) in [5, 5.41) is 11.8. The third kappa shape index (κ3) is 5.91. The summed E-state index contributed by atoms with van der Waals surface area (Å²) in [5.41, 5.74) is 7.56. The number of fused-ring (bicyclic) bond motifs is 1. The van der Waals surface area contributed by atoms with Gasteiger partial charge in [0.05, 0.1) is 0 Å². The predicted octanol–water partition coefficient (Wildman–Crippen LogP) is 2.34. The van der Waals surface area contributed by atoms with Gasteiger partial charge in [0, 0.05) is 45.2 Å². The van der Waals surface area contributed by atoms with E-state index in [0.717, 1.165) is 70.1 Å². The van der Waals surface area contributed by atoms with E-state index in [1.54, 1.807) is 0 Å². The normalized spacial score (nSPS) is 20.7. The van der Waals surface area contributed by atoms with Gasteiger partial charge in [-0.05, 0) is 37.7 Å². The molecule has 2 aromatic rings. The summed E-state index contributed by atoms with van der Waals surface area (Å²) in [7, 11) is 0. The second kappa shape index (κ2) is 10.4. The highest BCUT2D eigenvalue weighted by Gasteiger charge is 2.22. The smallest absolute Gasteiger partial charge is 0.188 e. The van der Waals surface area contributed by atoms with Crippen LogP contribution in [0.1, 0.15) is 36.5 Å². The number of guanidine groups is 1. The van der Waals surface area contributed by atoms with Gasteiger partial charge in [0.25, 0.3) is 0 Å². The number of aryl methyl sites for hydroxylation is 2. The molecule has 0 amide bonds. The number of aliphatic imine (C=N–C) groups is 1. The maximum Gasteiger partial charge on any atom is 0.188 e. The maximum absolute atomic E-state index is 6.18. The van der Waals surface area contributed by atoms with E-state index in [9.17, 15) is 0 Å². The maximum atomic E-state index is 6.18. The van der Waals surface area contributed by atoms with Crippen molar-refractivity contribution >= 4 is 29.9 Å². The molecule has 1 fully saturated rings. The van der Waals surface area contributed by atoms with Gasteiger partial charge in [0.1, 0.15) is 11.6 Å². The number of hydrogen-bond acceptors (Lipinski definition) is 4. The molecule has 2 aliphatic rings. The minimum atomic E-state index is 0. The minimum Gasteiger partial charge on any atom is -0.370 e. The highest BCUT2D eigenvalue weighted by molar-refractivity contribution is 14.0. The summed E-state index contributed by atoms with van der Waals surface area (Å²) in [6.45, 7) is 6.95. The van der Waals surface area contributed by atoms with Crippen LogP contribution in [0.4, 0.5) is 0 Å². The number of nitrogens with two attached hydrogens (primary N) is 1. The summed E-state index contributed by atoms with van der Waals surface area (Å²) in [4.78, 5) is 7.15. The minimum absolute atomic E-state index is 0. The molecule has 1 aromatic carbocycles. The molecule has 3 heterocycles. The molecular formula is C21H32IN7. The quantitative estimate of drug-likeness (QED) is 0.367. The molecule has 2 aliphatic heterocycles. The summed E-state index contributed by atoms with van der Waals surface area (Å²) < 4.78 is 2.22. The molecule has 1 atom stereocenters. The molecule has 0 aliphatic carbocycles. The Morgan fingerprint density at radius 1 is 1.17 bits per heavy atom. The van der Waals surface area contributed by atoms with Gasteiger partial charge in [-0.2, -0.15) is 0 Å². The molecule has 29 heavy (non-hydrogen) atoms. The van der Waals surface area contributed by atoms with Gasteiger partial charge in [-0.3, -0.25) is 9.89 Å². The van der Waals surface area contributed by atoms with Crippen LogP contribution >= 0.6 is 24.0 Å². The van der Waals surface area contributed by atoms with Crippen molar-refractivity contribution in [3.63, 3.8) is 0 Å². The lowest BCUT2D eigenvalue weighted by atomic mass is 9.99. The zero-order valence-electron chi connectivity index (χ0n) is 17.1. The Hall–Kier alpha value is -1.68. The van der Waals surface area contributed by atoms with Crippen molar-refractivity contribution in [3.8, 4) is 0 Å². The Kier molecular flexibility index (Phi) is 7.88. The van der Waals surface area contributed by atoms with Crippen LogP contribution in [0.3, 0.4) is 0 Å². The number of rotatable bonds is 5. The highest BCUT2D eigenvalue weighted by atomic mass is 127. The van der Waals surface area contributed by atoms with E-state index in [0.29, 0.717) is 17.9 Å². The molecule has 1 unspecified atom stereocenters. The monoisotopic (exact) mass is 509 g/mol. The summed E-state index contributed by atoms with van der Waals surface area (Å²) >= 11 is 0. The number of aromatic nitrogens is 3. The van der Waals surface area contributed by atoms with Crippen LogP contribution in [0.15, 0.2) is 35.3 Å². The topological polar surface area (TPSA) is 84.4 Å². The van der Waals surface area contributed by atoms with Crippen LogP contribution in [0.5, 0.6) is 0 Å². The van der Waals surface area contributed by atoms with E-state index in [1.807, 2.05) is 6.92 Å². The van der Waals surface area contributed by atoms with Gasteiger partial charge in [-0.15, -0.1) is 34.2 Å². The molecule has 4 rings (SSSR count). The second-order valence-corrected chi connectivity index (χ2v) is 8.09. The fraction of sp³-hybridized carbons (Fsp3) is 0.571. The van der Waals surface area contributed by atoms with Gasteiger partial charge < -0.3 is 15.6 Å². The number of hydrogen-bond donors (Lipinski definition) is 2. The van der Waals surface area contributed by atoms with E-state index < -0.39 is 0 Å². The zero-order chi connectivity index (χ0) is 19.3. The second-order valence-electron chi connectivity index (χ2n) is 8.09. The number of benzene rings is 1. The highest BCUT2D eigenvalue weighted by Crippen LogP contribution is 2.20. The fourth-order valence-corrected chi connectivity index (χ4v) is 4.24. The molecule has 0 saturated carbocycles. The summed E-state index contributed by atoms with van der Waals surface area (Å²) in [6.07, 6.45) is 4.30. The zero-order valence-corrected chi connectivity index (χ0v) is 19.5. The van der Waals surface area contributed by atoms with Crippen molar-refractivity contribution in [2.24, 2.45) is 16.6 Å². The number of piperidine rings is 1. The first-order chi connectivity index (χ1) is 13.7. The molecule has 7 nitrogen and oxygen atoms in total. The van der Waals surface area contributed by atoms with Crippen LogP contribution in [0.25, 0.3) is 0 Å². The van der Waals surface area contributed by atoms with Crippen LogP contribution in [0, 0.1) is 12.8 Å². The van der Waals surface area contributed by atoms with Crippen LogP contribution in [0.2, 0.25) is 0 Å². The molecule has 0 spiro atoms. The van der Waals surface area contributed by atoms with Gasteiger partial charge in [0.15, 0.2) is 5.96 Å². The Morgan fingerprint density at radius 2 is 1.93 bits per heavy atom. The predicted molar refractivity (Wildman–Crippen MR) is 126 cm³/mol. The Morgan fingerprint density at radius 3 is 2.69 bits per heavy atom. The van der Waals surface area contributed by atoms with E-state index in [1.165, 1.54) is 5.56 Å². The Bertz CT molecular complexity index is 797. The van der Waals surface area contributed by atoms with E-state index in [-0.39, 0.29) is 24.0 Å². The van der Waals surface area contributed by atoms with Crippen LogP contribution in [-0.2, 0) is 19.5 Å². The molecule has 3 N–H and O–H groups in total. The molecule has 8 heteroatoms. The third-order valence-electron chi connectivity index (χ3n) is 5.94. The van der Waals surface area contributed by atoms with Gasteiger partial charge in [0.2, 0.25) is 0 Å². The largest absolute Gasteiger partial charge is 0.370 e. The third-order valence-corrected chi connectivity index (χ3v) is 5.94. The van der Waals surface area contributed by atoms with Crippen molar-refractivity contribution in [2.75, 3.05) is 19.6 Å². The van der Waals surface area contributed by atoms with Crippen LogP contribution < -0.4 is 11.1 Å². The first kappa shape index (κ1) is 22.0. The standard InChI is InChI=1S/C21H31N7.HI/c1-16-25-26-20-8-7-18(15-28(16)20)13-23-21(22)24-19-9-11-27(12-10-19)14-17-5-3-2-4-6-17;/h2-6,18-19H,7-15H2,1H3,(H3,22,23,24);1H. The van der Waals surface area contributed by atoms with Crippen molar-refractivity contribution in [3.05, 3.63) is 47.5 Å². The first-order valence-corrected chi connectivity index (χ1v) is 10.4. The van der Waals surface area contributed by atoms with E-state index in [4.69, 9.17) is 5.73 Å². The van der Waals surface area contributed by atoms with Crippen LogP contribution in [-0.4, -0.2) is 51.3 Å². The lowest BCUT2D eigenvalue weighted by molar-refractivity contribution is 0.198. The average molecular weight is 509 g/mol. The van der Waals surface area contributed by atoms with Crippen molar-refractivity contribution < 1.29 is 0 Å². The molecular weight excluding hydrogens is 477 g/mol. The molecule has 158 valence electrons. The van der Waals surface area contributed by atoms with E-state index >= 15 is 0 Å². The van der Waals surface area contributed by atoms with Crippen molar-refractivity contribution in [2.45, 2.75) is 51.7 Å². The summed E-state index contributed by atoms with van der Waals surface area (Å²) in [6, 6.07) is 11.1. The average Bonchev–Trinajstić information content (AvgIpc) is 3.09. The number of likely N-dealkylation sites (tertiary alicyclic amines) is 1. The molecule has 0 radical (unpaired) electrons. The molecule has 1 saturated heterocycles. The Balaban J connectivity index is 0.00000240. The van der Waals surface area contributed by atoms with Gasteiger partial charge >= 0.3 is 0 Å². The SMILES string of the molecule is Cc1nnc2n1CC(CN=C(N)NC1CCN(Cc3ccccc3)CC1)CC2.I. The number of halogens is 1.